The third-order valence-corrected chi connectivity index (χ3v) is 4.89. The summed E-state index contributed by atoms with van der Waals surface area (Å²) in [5.74, 6) is 0.0327. The van der Waals surface area contributed by atoms with Gasteiger partial charge >= 0.3 is 0 Å². The molecule has 4 heterocycles. The third-order valence-electron chi connectivity index (χ3n) is 4.89. The number of fused-ring (bicyclic) bond motifs is 1. The molecule has 0 spiro atoms. The largest absolute Gasteiger partial charge is 0.380 e. The van der Waals surface area contributed by atoms with Crippen LogP contribution in [0.2, 0.25) is 0 Å². The number of carbonyl (C=O) groups excluding carboxylic acids is 1. The number of amides is 1. The van der Waals surface area contributed by atoms with E-state index in [0.29, 0.717) is 38.0 Å². The summed E-state index contributed by atoms with van der Waals surface area (Å²) < 4.78 is 10.8. The van der Waals surface area contributed by atoms with E-state index in [4.69, 9.17) is 9.47 Å². The molecule has 2 saturated heterocycles. The molecule has 0 aliphatic carbocycles. The maximum atomic E-state index is 12.7. The summed E-state index contributed by atoms with van der Waals surface area (Å²) in [6.45, 7) is 5.99. The highest BCUT2D eigenvalue weighted by Gasteiger charge is 2.32. The molecule has 3 aliphatic heterocycles. The quantitative estimate of drug-likeness (QED) is 0.835. The summed E-state index contributed by atoms with van der Waals surface area (Å²) in [5.41, 5.74) is 2.79. The summed E-state index contributed by atoms with van der Waals surface area (Å²) in [4.78, 5) is 17.0. The zero-order valence-electron chi connectivity index (χ0n) is 12.7. The number of morpholine rings is 1. The van der Waals surface area contributed by atoms with Crippen LogP contribution in [0.25, 0.3) is 0 Å². The number of nitrogens with zero attached hydrogens (tertiary/aromatic N) is 3. The topological polar surface area (TPSA) is 70.7 Å². The first-order valence-corrected chi connectivity index (χ1v) is 8.08. The van der Waals surface area contributed by atoms with Crippen molar-refractivity contribution < 1.29 is 14.3 Å². The molecule has 4 rings (SSSR count). The lowest BCUT2D eigenvalue weighted by molar-refractivity contribution is 0.0297. The van der Waals surface area contributed by atoms with E-state index in [1.54, 1.807) is 0 Å². The molecule has 0 unspecified atom stereocenters. The van der Waals surface area contributed by atoms with Gasteiger partial charge < -0.3 is 14.4 Å². The Balaban J connectivity index is 1.53. The van der Waals surface area contributed by atoms with Crippen LogP contribution in [0.5, 0.6) is 0 Å². The Hall–Kier alpha value is -1.44. The normalized spacial score (nSPS) is 26.2. The van der Waals surface area contributed by atoms with Gasteiger partial charge in [-0.05, 0) is 6.42 Å². The summed E-state index contributed by atoms with van der Waals surface area (Å²) in [6.07, 6.45) is 2.01. The zero-order chi connectivity index (χ0) is 14.9. The smallest absolute Gasteiger partial charge is 0.274 e. The van der Waals surface area contributed by atoms with Gasteiger partial charge in [-0.25, -0.2) is 0 Å². The minimum Gasteiger partial charge on any atom is -0.380 e. The Morgan fingerprint density at radius 1 is 1.18 bits per heavy atom. The van der Waals surface area contributed by atoms with E-state index in [9.17, 15) is 4.79 Å². The van der Waals surface area contributed by atoms with E-state index >= 15 is 0 Å². The average Bonchev–Trinajstić information content (AvgIpc) is 3.24. The lowest BCUT2D eigenvalue weighted by Crippen LogP contribution is -2.42. The fourth-order valence-electron chi connectivity index (χ4n) is 3.53. The molecule has 1 aromatic rings. The van der Waals surface area contributed by atoms with Crippen molar-refractivity contribution in [2.24, 2.45) is 0 Å². The van der Waals surface area contributed by atoms with Crippen LogP contribution < -0.4 is 0 Å². The first-order valence-electron chi connectivity index (χ1n) is 8.08. The molecule has 0 bridgehead atoms. The van der Waals surface area contributed by atoms with Crippen molar-refractivity contribution in [3.63, 3.8) is 0 Å². The van der Waals surface area contributed by atoms with Gasteiger partial charge in [0.05, 0.1) is 19.8 Å². The van der Waals surface area contributed by atoms with E-state index in [1.165, 1.54) is 0 Å². The number of hydrogen-bond donors (Lipinski definition) is 1. The summed E-state index contributed by atoms with van der Waals surface area (Å²) in [6, 6.07) is 0.481. The average molecular weight is 306 g/mol. The molecule has 7 nitrogen and oxygen atoms in total. The van der Waals surface area contributed by atoms with Gasteiger partial charge in [0, 0.05) is 56.5 Å². The zero-order valence-corrected chi connectivity index (χ0v) is 12.7. The Bertz CT molecular complexity index is 547. The Morgan fingerprint density at radius 3 is 2.82 bits per heavy atom. The highest BCUT2D eigenvalue weighted by molar-refractivity contribution is 5.94. The van der Waals surface area contributed by atoms with Crippen LogP contribution in [-0.2, 0) is 22.4 Å². The van der Waals surface area contributed by atoms with Gasteiger partial charge in [0.1, 0.15) is 0 Å². The van der Waals surface area contributed by atoms with Crippen LogP contribution in [0, 0.1) is 0 Å². The summed E-state index contributed by atoms with van der Waals surface area (Å²) in [7, 11) is 0. The molecule has 1 N–H and O–H groups in total. The second-order valence-electron chi connectivity index (χ2n) is 6.17. The summed E-state index contributed by atoms with van der Waals surface area (Å²) >= 11 is 0. The molecule has 120 valence electrons. The molecule has 1 atom stereocenters. The first kappa shape index (κ1) is 14.2. The van der Waals surface area contributed by atoms with Gasteiger partial charge in [-0.15, -0.1) is 0 Å². The highest BCUT2D eigenvalue weighted by atomic mass is 16.5. The molecule has 0 saturated carbocycles. The van der Waals surface area contributed by atoms with Crippen LogP contribution >= 0.6 is 0 Å². The maximum absolute atomic E-state index is 12.7. The van der Waals surface area contributed by atoms with Gasteiger partial charge in [-0.1, -0.05) is 0 Å². The molecule has 2 fully saturated rings. The monoisotopic (exact) mass is 306 g/mol. The fraction of sp³-hybridized carbons (Fsp3) is 0.733. The van der Waals surface area contributed by atoms with Gasteiger partial charge in [0.15, 0.2) is 5.69 Å². The number of ether oxygens (including phenoxy) is 2. The molecular weight excluding hydrogens is 284 g/mol. The Morgan fingerprint density at radius 2 is 2.05 bits per heavy atom. The minimum atomic E-state index is 0.0327. The number of H-pyrrole nitrogens is 1. The highest BCUT2D eigenvalue weighted by Crippen LogP contribution is 2.25. The van der Waals surface area contributed by atoms with Crippen molar-refractivity contribution >= 4 is 5.91 Å². The van der Waals surface area contributed by atoms with E-state index in [1.807, 2.05) is 4.90 Å². The second-order valence-corrected chi connectivity index (χ2v) is 6.17. The molecule has 3 aliphatic rings. The maximum Gasteiger partial charge on any atom is 0.274 e. The standard InChI is InChI=1S/C15H22N4O3/c20-15(18-4-7-21-8-5-18)14-12-9-19(11-2-6-22-10-11)3-1-13(12)16-17-14/h11H,1-10H2,(H,16,17)/t11-/m0/s1. The number of carbonyl (C=O) groups is 1. The molecule has 1 aromatic heterocycles. The predicted octanol–water partition coefficient (Wildman–Crippen LogP) is 0.0291. The lowest BCUT2D eigenvalue weighted by Gasteiger charge is -2.32. The van der Waals surface area contributed by atoms with E-state index in [0.717, 1.165) is 50.4 Å². The van der Waals surface area contributed by atoms with Gasteiger partial charge in [-0.2, -0.15) is 5.10 Å². The molecule has 1 amide bonds. The SMILES string of the molecule is O=C(c1n[nH]c2c1CN([C@H]1CCOC1)CC2)N1CCOCC1. The first-order chi connectivity index (χ1) is 10.8. The number of hydrogen-bond acceptors (Lipinski definition) is 5. The second kappa shape index (κ2) is 5.98. The van der Waals surface area contributed by atoms with Crippen LogP contribution in [0.1, 0.15) is 28.2 Å². The lowest BCUT2D eigenvalue weighted by atomic mass is 10.0. The van der Waals surface area contributed by atoms with Crippen LogP contribution in [-0.4, -0.2) is 78.0 Å². The van der Waals surface area contributed by atoms with Gasteiger partial charge in [-0.3, -0.25) is 14.8 Å². The number of nitrogens with one attached hydrogen (secondary N) is 1. The van der Waals surface area contributed by atoms with Crippen molar-refractivity contribution in [2.45, 2.75) is 25.4 Å². The number of aromatic amines is 1. The van der Waals surface area contributed by atoms with Crippen molar-refractivity contribution in [3.8, 4) is 0 Å². The minimum absolute atomic E-state index is 0.0327. The van der Waals surface area contributed by atoms with Crippen LogP contribution in [0.15, 0.2) is 0 Å². The number of aromatic nitrogens is 2. The van der Waals surface area contributed by atoms with E-state index in [2.05, 4.69) is 15.1 Å². The summed E-state index contributed by atoms with van der Waals surface area (Å²) in [5, 5.41) is 7.39. The fourth-order valence-corrected chi connectivity index (χ4v) is 3.53. The Labute approximate surface area is 129 Å². The van der Waals surface area contributed by atoms with Crippen LogP contribution in [0.3, 0.4) is 0 Å². The molecule has 22 heavy (non-hydrogen) atoms. The molecule has 7 heteroatoms. The molecular formula is C15H22N4O3. The Kier molecular flexibility index (Phi) is 3.85. The van der Waals surface area contributed by atoms with Crippen LogP contribution in [0.4, 0.5) is 0 Å². The van der Waals surface area contributed by atoms with E-state index < -0.39 is 0 Å². The van der Waals surface area contributed by atoms with Crippen molar-refractivity contribution in [1.82, 2.24) is 20.0 Å². The van der Waals surface area contributed by atoms with Gasteiger partial charge in [0.2, 0.25) is 0 Å². The molecule has 0 aromatic carbocycles. The predicted molar refractivity (Wildman–Crippen MR) is 78.6 cm³/mol. The molecule has 0 radical (unpaired) electrons. The van der Waals surface area contributed by atoms with Gasteiger partial charge in [0.25, 0.3) is 5.91 Å². The van der Waals surface area contributed by atoms with Crippen molar-refractivity contribution in [2.75, 3.05) is 46.1 Å². The van der Waals surface area contributed by atoms with Crippen molar-refractivity contribution in [1.29, 1.82) is 0 Å². The number of rotatable bonds is 2. The third kappa shape index (κ3) is 2.53. The van der Waals surface area contributed by atoms with Crippen molar-refractivity contribution in [3.05, 3.63) is 17.0 Å². The van der Waals surface area contributed by atoms with E-state index in [-0.39, 0.29) is 5.91 Å².